The van der Waals surface area contributed by atoms with Crippen molar-refractivity contribution >= 4 is 11.7 Å². The lowest BCUT2D eigenvalue weighted by Crippen LogP contribution is -2.21. The monoisotopic (exact) mass is 238 g/mol. The van der Waals surface area contributed by atoms with Gasteiger partial charge in [0, 0.05) is 25.2 Å². The summed E-state index contributed by atoms with van der Waals surface area (Å²) >= 11 is 0. The summed E-state index contributed by atoms with van der Waals surface area (Å²) in [5.41, 5.74) is 0.848. The number of non-ortho nitro benzene ring substituents is 1. The Hall–Kier alpha value is -1.95. The largest absolute Gasteiger partial charge is 0.481 e. The molecule has 6 heteroatoms. The molecule has 0 aliphatic rings. The van der Waals surface area contributed by atoms with Crippen LogP contribution in [0.1, 0.15) is 12.0 Å². The molecule has 1 rings (SSSR count). The van der Waals surface area contributed by atoms with Gasteiger partial charge >= 0.3 is 5.97 Å². The molecule has 0 amide bonds. The first kappa shape index (κ1) is 13.1. The van der Waals surface area contributed by atoms with Crippen molar-refractivity contribution in [3.63, 3.8) is 0 Å². The molecule has 0 heterocycles. The molecule has 6 nitrogen and oxygen atoms in total. The second kappa shape index (κ2) is 5.95. The van der Waals surface area contributed by atoms with E-state index < -0.39 is 10.9 Å². The van der Waals surface area contributed by atoms with E-state index in [1.165, 1.54) is 12.1 Å². The predicted molar refractivity (Wildman–Crippen MR) is 61.7 cm³/mol. The summed E-state index contributed by atoms with van der Waals surface area (Å²) in [7, 11) is 1.78. The Morgan fingerprint density at radius 2 is 2.24 bits per heavy atom. The fraction of sp³-hybridized carbons (Fsp3) is 0.364. The minimum absolute atomic E-state index is 0.0501. The summed E-state index contributed by atoms with van der Waals surface area (Å²) < 4.78 is 0. The zero-order chi connectivity index (χ0) is 12.8. The Morgan fingerprint density at radius 1 is 1.53 bits per heavy atom. The van der Waals surface area contributed by atoms with Crippen LogP contribution in [0.2, 0.25) is 0 Å². The van der Waals surface area contributed by atoms with Crippen molar-refractivity contribution in [2.45, 2.75) is 13.0 Å². The van der Waals surface area contributed by atoms with Crippen LogP contribution in [0.15, 0.2) is 24.3 Å². The van der Waals surface area contributed by atoms with E-state index in [1.807, 2.05) is 4.90 Å². The summed E-state index contributed by atoms with van der Waals surface area (Å²) in [6, 6.07) is 6.33. The number of nitro groups is 1. The van der Waals surface area contributed by atoms with Crippen molar-refractivity contribution in [2.75, 3.05) is 13.6 Å². The van der Waals surface area contributed by atoms with Crippen LogP contribution in [0, 0.1) is 10.1 Å². The maximum absolute atomic E-state index is 10.6. The van der Waals surface area contributed by atoms with E-state index in [-0.39, 0.29) is 12.1 Å². The average molecular weight is 238 g/mol. The first-order valence-electron chi connectivity index (χ1n) is 5.12. The van der Waals surface area contributed by atoms with Crippen molar-refractivity contribution in [3.8, 4) is 0 Å². The molecule has 1 N–H and O–H groups in total. The highest BCUT2D eigenvalue weighted by molar-refractivity contribution is 5.66. The van der Waals surface area contributed by atoms with E-state index in [4.69, 9.17) is 5.11 Å². The predicted octanol–water partition coefficient (Wildman–Crippen LogP) is 1.50. The zero-order valence-electron chi connectivity index (χ0n) is 9.50. The van der Waals surface area contributed by atoms with E-state index in [9.17, 15) is 14.9 Å². The highest BCUT2D eigenvalue weighted by Crippen LogP contribution is 2.14. The van der Waals surface area contributed by atoms with Gasteiger partial charge in [-0.3, -0.25) is 14.9 Å². The first-order valence-corrected chi connectivity index (χ1v) is 5.12. The summed E-state index contributed by atoms with van der Waals surface area (Å²) in [6.07, 6.45) is 0.0609. The SMILES string of the molecule is CN(CCC(=O)O)Cc1cccc([N+](=O)[O-])c1. The van der Waals surface area contributed by atoms with E-state index in [1.54, 1.807) is 19.2 Å². The first-order chi connectivity index (χ1) is 7.99. The number of carboxylic acids is 1. The number of hydrogen-bond acceptors (Lipinski definition) is 4. The van der Waals surface area contributed by atoms with Crippen molar-refractivity contribution in [3.05, 3.63) is 39.9 Å². The maximum atomic E-state index is 10.6. The lowest BCUT2D eigenvalue weighted by Gasteiger charge is -2.15. The molecule has 1 aromatic carbocycles. The minimum Gasteiger partial charge on any atom is -0.481 e. The second-order valence-corrected chi connectivity index (χ2v) is 3.81. The third-order valence-corrected chi connectivity index (χ3v) is 2.28. The molecule has 0 bridgehead atoms. The van der Waals surface area contributed by atoms with E-state index in [0.29, 0.717) is 13.1 Å². The topological polar surface area (TPSA) is 83.7 Å². The van der Waals surface area contributed by atoms with Crippen molar-refractivity contribution < 1.29 is 14.8 Å². The van der Waals surface area contributed by atoms with E-state index >= 15 is 0 Å². The minimum atomic E-state index is -0.851. The van der Waals surface area contributed by atoms with Gasteiger partial charge in [-0.05, 0) is 12.6 Å². The van der Waals surface area contributed by atoms with Crippen LogP contribution in [-0.4, -0.2) is 34.5 Å². The van der Waals surface area contributed by atoms with Crippen molar-refractivity contribution in [1.82, 2.24) is 4.90 Å². The molecule has 1 aromatic rings. The Bertz CT molecular complexity index is 420. The van der Waals surface area contributed by atoms with Gasteiger partial charge in [-0.1, -0.05) is 12.1 Å². The molecule has 0 radical (unpaired) electrons. The van der Waals surface area contributed by atoms with E-state index in [0.717, 1.165) is 5.56 Å². The number of nitrogens with zero attached hydrogens (tertiary/aromatic N) is 2. The lowest BCUT2D eigenvalue weighted by molar-refractivity contribution is -0.384. The summed E-state index contributed by atoms with van der Waals surface area (Å²) in [5, 5.41) is 19.1. The molecule has 0 spiro atoms. The quantitative estimate of drug-likeness (QED) is 0.599. The number of aliphatic carboxylic acids is 1. The molecule has 17 heavy (non-hydrogen) atoms. The van der Waals surface area contributed by atoms with Gasteiger partial charge < -0.3 is 10.0 Å². The highest BCUT2D eigenvalue weighted by atomic mass is 16.6. The Kier molecular flexibility index (Phi) is 4.59. The van der Waals surface area contributed by atoms with Gasteiger partial charge in [-0.2, -0.15) is 0 Å². The second-order valence-electron chi connectivity index (χ2n) is 3.81. The summed E-state index contributed by atoms with van der Waals surface area (Å²) in [6.45, 7) is 0.910. The molecule has 0 saturated carbocycles. The van der Waals surface area contributed by atoms with Crippen molar-refractivity contribution in [2.24, 2.45) is 0 Å². The van der Waals surface area contributed by atoms with Crippen LogP contribution in [0.5, 0.6) is 0 Å². The molecule has 0 saturated heterocycles. The average Bonchev–Trinajstić information content (AvgIpc) is 2.26. The molecule has 0 fully saturated rings. The van der Waals surface area contributed by atoms with Gasteiger partial charge in [0.05, 0.1) is 11.3 Å². The molecule has 0 atom stereocenters. The number of rotatable bonds is 6. The van der Waals surface area contributed by atoms with Gasteiger partial charge in [0.15, 0.2) is 0 Å². The third-order valence-electron chi connectivity index (χ3n) is 2.28. The van der Waals surface area contributed by atoms with Gasteiger partial charge in [-0.25, -0.2) is 0 Å². The van der Waals surface area contributed by atoms with Crippen molar-refractivity contribution in [1.29, 1.82) is 0 Å². The molecular formula is C11H14N2O4. The normalized spacial score (nSPS) is 10.5. The fourth-order valence-electron chi connectivity index (χ4n) is 1.45. The molecule has 0 aromatic heterocycles. The fourth-order valence-corrected chi connectivity index (χ4v) is 1.45. The Labute approximate surface area is 98.6 Å². The van der Waals surface area contributed by atoms with Gasteiger partial charge in [0.1, 0.15) is 0 Å². The van der Waals surface area contributed by atoms with Crippen LogP contribution in [0.25, 0.3) is 0 Å². The number of hydrogen-bond donors (Lipinski definition) is 1. The van der Waals surface area contributed by atoms with Crippen LogP contribution in [0.4, 0.5) is 5.69 Å². The molecule has 0 aliphatic heterocycles. The smallest absolute Gasteiger partial charge is 0.304 e. The Balaban J connectivity index is 2.58. The number of carbonyl (C=O) groups is 1. The van der Waals surface area contributed by atoms with E-state index in [2.05, 4.69) is 0 Å². The zero-order valence-corrected chi connectivity index (χ0v) is 9.50. The summed E-state index contributed by atoms with van der Waals surface area (Å²) in [4.78, 5) is 22.3. The Morgan fingerprint density at radius 3 is 2.82 bits per heavy atom. The van der Waals surface area contributed by atoms with Crippen LogP contribution >= 0.6 is 0 Å². The van der Waals surface area contributed by atoms with Gasteiger partial charge in [0.2, 0.25) is 0 Å². The number of carboxylic acid groups (broad SMARTS) is 1. The molecule has 92 valence electrons. The third kappa shape index (κ3) is 4.60. The highest BCUT2D eigenvalue weighted by Gasteiger charge is 2.08. The van der Waals surface area contributed by atoms with Gasteiger partial charge in [-0.15, -0.1) is 0 Å². The molecule has 0 aliphatic carbocycles. The van der Waals surface area contributed by atoms with Crippen LogP contribution in [0.3, 0.4) is 0 Å². The number of nitro benzene ring substituents is 1. The van der Waals surface area contributed by atoms with Crippen LogP contribution < -0.4 is 0 Å². The summed E-state index contributed by atoms with van der Waals surface area (Å²) in [5.74, 6) is -0.851. The molecular weight excluding hydrogens is 224 g/mol. The number of benzene rings is 1. The standard InChI is InChI=1S/C11H14N2O4/c1-12(6-5-11(14)15)8-9-3-2-4-10(7-9)13(16)17/h2-4,7H,5-6,8H2,1H3,(H,14,15). The van der Waals surface area contributed by atoms with Gasteiger partial charge in [0.25, 0.3) is 5.69 Å². The van der Waals surface area contributed by atoms with Crippen LogP contribution in [-0.2, 0) is 11.3 Å². The lowest BCUT2D eigenvalue weighted by atomic mass is 10.2. The molecule has 0 unspecified atom stereocenters. The maximum Gasteiger partial charge on any atom is 0.304 e.